The standard InChI is InChI=1S/C16H20N4O2/c1-12-16-17-15(13-6-4-3-5-7-13)18-20(16)10-9-19(12)14(21)8-11-22-2/h3-7,12H,8-11H2,1-2H3/t12-/m0/s1. The number of carbonyl (C=O) groups excluding carboxylic acids is 1. The van der Waals surface area contributed by atoms with Crippen molar-refractivity contribution in [3.8, 4) is 11.4 Å². The Balaban J connectivity index is 1.83. The van der Waals surface area contributed by atoms with Gasteiger partial charge in [0, 0.05) is 19.2 Å². The smallest absolute Gasteiger partial charge is 0.225 e. The van der Waals surface area contributed by atoms with Gasteiger partial charge in [-0.05, 0) is 6.92 Å². The third-order valence-electron chi connectivity index (χ3n) is 3.97. The van der Waals surface area contributed by atoms with Crippen LogP contribution in [-0.2, 0) is 16.1 Å². The third kappa shape index (κ3) is 2.74. The highest BCUT2D eigenvalue weighted by Crippen LogP contribution is 2.26. The average Bonchev–Trinajstić information content (AvgIpc) is 2.99. The first-order valence-electron chi connectivity index (χ1n) is 7.49. The van der Waals surface area contributed by atoms with Crippen LogP contribution < -0.4 is 0 Å². The molecule has 116 valence electrons. The molecule has 0 saturated carbocycles. The largest absolute Gasteiger partial charge is 0.384 e. The van der Waals surface area contributed by atoms with Gasteiger partial charge in [0.15, 0.2) is 5.82 Å². The molecule has 1 aliphatic heterocycles. The van der Waals surface area contributed by atoms with Crippen LogP contribution in [0.2, 0.25) is 0 Å². The fourth-order valence-electron chi connectivity index (χ4n) is 2.75. The maximum Gasteiger partial charge on any atom is 0.225 e. The molecule has 1 amide bonds. The van der Waals surface area contributed by atoms with E-state index in [4.69, 9.17) is 4.74 Å². The van der Waals surface area contributed by atoms with E-state index in [1.165, 1.54) is 0 Å². The van der Waals surface area contributed by atoms with Crippen molar-refractivity contribution >= 4 is 5.91 Å². The van der Waals surface area contributed by atoms with Gasteiger partial charge in [0.25, 0.3) is 0 Å². The number of methoxy groups -OCH3 is 1. The van der Waals surface area contributed by atoms with E-state index in [9.17, 15) is 4.79 Å². The van der Waals surface area contributed by atoms with Gasteiger partial charge >= 0.3 is 0 Å². The number of fused-ring (bicyclic) bond motifs is 1. The number of rotatable bonds is 4. The summed E-state index contributed by atoms with van der Waals surface area (Å²) < 4.78 is 6.90. The highest BCUT2D eigenvalue weighted by Gasteiger charge is 2.30. The molecule has 0 bridgehead atoms. The van der Waals surface area contributed by atoms with Crippen LogP contribution in [0.15, 0.2) is 30.3 Å². The van der Waals surface area contributed by atoms with Crippen molar-refractivity contribution in [2.45, 2.75) is 25.9 Å². The van der Waals surface area contributed by atoms with Gasteiger partial charge in [0.05, 0.1) is 25.6 Å². The van der Waals surface area contributed by atoms with Crippen molar-refractivity contribution in [2.75, 3.05) is 20.3 Å². The Bertz CT molecular complexity index is 653. The highest BCUT2D eigenvalue weighted by atomic mass is 16.5. The van der Waals surface area contributed by atoms with Crippen LogP contribution in [0, 0.1) is 0 Å². The lowest BCUT2D eigenvalue weighted by Crippen LogP contribution is -2.41. The number of benzene rings is 1. The zero-order valence-corrected chi connectivity index (χ0v) is 12.9. The molecule has 1 aromatic heterocycles. The number of hydrogen-bond donors (Lipinski definition) is 0. The summed E-state index contributed by atoms with van der Waals surface area (Å²) in [5, 5.41) is 4.57. The van der Waals surface area contributed by atoms with Crippen LogP contribution in [0.3, 0.4) is 0 Å². The molecule has 0 spiro atoms. The summed E-state index contributed by atoms with van der Waals surface area (Å²) in [5.41, 5.74) is 0.994. The van der Waals surface area contributed by atoms with Gasteiger partial charge < -0.3 is 9.64 Å². The number of amides is 1. The summed E-state index contributed by atoms with van der Waals surface area (Å²) in [5.74, 6) is 1.66. The van der Waals surface area contributed by atoms with Gasteiger partial charge in [-0.3, -0.25) is 4.79 Å². The molecular formula is C16H20N4O2. The fraction of sp³-hybridized carbons (Fsp3) is 0.438. The second-order valence-electron chi connectivity index (χ2n) is 5.39. The summed E-state index contributed by atoms with van der Waals surface area (Å²) >= 11 is 0. The lowest BCUT2D eigenvalue weighted by atomic mass is 10.2. The summed E-state index contributed by atoms with van der Waals surface area (Å²) in [6.07, 6.45) is 0.403. The molecule has 22 heavy (non-hydrogen) atoms. The molecule has 6 heteroatoms. The van der Waals surface area contributed by atoms with E-state index in [0.29, 0.717) is 31.9 Å². The fourth-order valence-corrected chi connectivity index (χ4v) is 2.75. The van der Waals surface area contributed by atoms with Crippen LogP contribution in [0.4, 0.5) is 0 Å². The normalized spacial score (nSPS) is 17.4. The molecule has 1 aromatic carbocycles. The summed E-state index contributed by atoms with van der Waals surface area (Å²) in [6, 6.07) is 9.83. The van der Waals surface area contributed by atoms with Gasteiger partial charge in [0.2, 0.25) is 5.91 Å². The van der Waals surface area contributed by atoms with Crippen LogP contribution in [0.25, 0.3) is 11.4 Å². The van der Waals surface area contributed by atoms with Crippen molar-refractivity contribution in [1.29, 1.82) is 0 Å². The minimum atomic E-state index is -0.0666. The van der Waals surface area contributed by atoms with E-state index in [-0.39, 0.29) is 11.9 Å². The maximum absolute atomic E-state index is 12.2. The van der Waals surface area contributed by atoms with E-state index in [1.54, 1.807) is 7.11 Å². The number of hydrogen-bond acceptors (Lipinski definition) is 4. The van der Waals surface area contributed by atoms with E-state index in [2.05, 4.69) is 10.1 Å². The quantitative estimate of drug-likeness (QED) is 0.865. The Morgan fingerprint density at radius 3 is 2.82 bits per heavy atom. The predicted molar refractivity (Wildman–Crippen MR) is 82.1 cm³/mol. The minimum absolute atomic E-state index is 0.0666. The first-order valence-corrected chi connectivity index (χ1v) is 7.49. The van der Waals surface area contributed by atoms with Gasteiger partial charge in [0.1, 0.15) is 5.82 Å². The molecule has 0 saturated heterocycles. The Morgan fingerprint density at radius 2 is 2.09 bits per heavy atom. The zero-order valence-electron chi connectivity index (χ0n) is 12.9. The molecule has 0 radical (unpaired) electrons. The molecule has 0 fully saturated rings. The van der Waals surface area contributed by atoms with E-state index < -0.39 is 0 Å². The van der Waals surface area contributed by atoms with Crippen LogP contribution in [0.1, 0.15) is 25.2 Å². The van der Waals surface area contributed by atoms with Gasteiger partial charge in [-0.1, -0.05) is 30.3 Å². The second-order valence-corrected chi connectivity index (χ2v) is 5.39. The molecule has 6 nitrogen and oxygen atoms in total. The van der Waals surface area contributed by atoms with E-state index in [1.807, 2.05) is 46.8 Å². The highest BCUT2D eigenvalue weighted by molar-refractivity contribution is 5.76. The maximum atomic E-state index is 12.2. The third-order valence-corrected chi connectivity index (χ3v) is 3.97. The summed E-state index contributed by atoms with van der Waals surface area (Å²) in [7, 11) is 1.61. The van der Waals surface area contributed by atoms with E-state index in [0.717, 1.165) is 11.4 Å². The first-order chi connectivity index (χ1) is 10.7. The molecule has 2 heterocycles. The number of carbonyl (C=O) groups is 1. The molecule has 0 unspecified atom stereocenters. The van der Waals surface area contributed by atoms with Gasteiger partial charge in [-0.2, -0.15) is 5.10 Å². The minimum Gasteiger partial charge on any atom is -0.384 e. The Hall–Kier alpha value is -2.21. The van der Waals surface area contributed by atoms with Crippen LogP contribution in [0.5, 0.6) is 0 Å². The Labute approximate surface area is 129 Å². The number of aromatic nitrogens is 3. The monoisotopic (exact) mass is 300 g/mol. The molecule has 3 rings (SSSR count). The van der Waals surface area contributed by atoms with Crippen molar-refractivity contribution in [1.82, 2.24) is 19.7 Å². The summed E-state index contributed by atoms with van der Waals surface area (Å²) in [4.78, 5) is 18.7. The molecule has 0 aliphatic carbocycles. The van der Waals surface area contributed by atoms with Gasteiger partial charge in [-0.25, -0.2) is 9.67 Å². The molecule has 2 aromatic rings. The average molecular weight is 300 g/mol. The molecule has 1 aliphatic rings. The lowest BCUT2D eigenvalue weighted by molar-refractivity contribution is -0.135. The SMILES string of the molecule is COCCC(=O)N1CCn2nc(-c3ccccc3)nc2[C@@H]1C. The van der Waals surface area contributed by atoms with Crippen molar-refractivity contribution in [2.24, 2.45) is 0 Å². The predicted octanol–water partition coefficient (Wildman–Crippen LogP) is 1.88. The molecule has 0 N–H and O–H groups in total. The van der Waals surface area contributed by atoms with Crippen molar-refractivity contribution < 1.29 is 9.53 Å². The Kier molecular flexibility index (Phi) is 4.20. The van der Waals surface area contributed by atoms with Crippen molar-refractivity contribution in [3.63, 3.8) is 0 Å². The molecule has 1 atom stereocenters. The number of nitrogens with zero attached hydrogens (tertiary/aromatic N) is 4. The Morgan fingerprint density at radius 1 is 1.32 bits per heavy atom. The lowest BCUT2D eigenvalue weighted by Gasteiger charge is -2.32. The topological polar surface area (TPSA) is 60.2 Å². The van der Waals surface area contributed by atoms with Crippen LogP contribution in [-0.4, -0.2) is 45.8 Å². The first kappa shape index (κ1) is 14.7. The zero-order chi connectivity index (χ0) is 15.5. The molecular weight excluding hydrogens is 280 g/mol. The van der Waals surface area contributed by atoms with Gasteiger partial charge in [-0.15, -0.1) is 0 Å². The van der Waals surface area contributed by atoms with Crippen molar-refractivity contribution in [3.05, 3.63) is 36.2 Å². The second kappa shape index (κ2) is 6.27. The van der Waals surface area contributed by atoms with E-state index >= 15 is 0 Å². The number of ether oxygens (including phenoxy) is 1. The summed E-state index contributed by atoms with van der Waals surface area (Å²) in [6.45, 7) is 3.79. The van der Waals surface area contributed by atoms with Crippen LogP contribution >= 0.6 is 0 Å².